The van der Waals surface area contributed by atoms with Crippen LogP contribution in [0.5, 0.6) is 0 Å². The molecule has 0 unspecified atom stereocenters. The van der Waals surface area contributed by atoms with Crippen LogP contribution in [0.25, 0.3) is 16.1 Å². The molecule has 5 heterocycles. The highest BCUT2D eigenvalue weighted by Crippen LogP contribution is 2.25. The summed E-state index contributed by atoms with van der Waals surface area (Å²) in [6.45, 7) is 0.311. The number of carbonyl (C=O) groups excluding carboxylic acids is 2. The summed E-state index contributed by atoms with van der Waals surface area (Å²) in [5.74, 6) is -0.337. The Morgan fingerprint density at radius 1 is 1.14 bits per heavy atom. The molecule has 1 aromatic carbocycles. The van der Waals surface area contributed by atoms with Gasteiger partial charge < -0.3 is 15.0 Å². The van der Waals surface area contributed by atoms with E-state index in [4.69, 9.17) is 0 Å². The molecule has 184 valence electrons. The van der Waals surface area contributed by atoms with Crippen molar-refractivity contribution >= 4 is 34.4 Å². The van der Waals surface area contributed by atoms with Crippen LogP contribution in [0.1, 0.15) is 33.7 Å². The number of aryl methyl sites for hydroxylation is 1. The molecule has 4 aromatic heterocycles. The molecule has 1 aliphatic heterocycles. The summed E-state index contributed by atoms with van der Waals surface area (Å²) >= 11 is 1.12. The van der Waals surface area contributed by atoms with Crippen molar-refractivity contribution in [2.75, 3.05) is 5.32 Å². The lowest BCUT2D eigenvalue weighted by Crippen LogP contribution is -2.36. The van der Waals surface area contributed by atoms with E-state index in [2.05, 4.69) is 30.8 Å². The number of hydrogen-bond acceptors (Lipinski definition) is 8. The van der Waals surface area contributed by atoms with E-state index in [0.29, 0.717) is 30.2 Å². The molecule has 2 N–H and O–H groups in total. The SMILES string of the molecule is O=C(Nc1cnc2n(c1=O)[C@H](C(=O)NCc1cc3cnccn3c1)CC2)c1nnc(-c2ccccc2)s1. The quantitative estimate of drug-likeness (QED) is 0.357. The summed E-state index contributed by atoms with van der Waals surface area (Å²) in [5.41, 5.74) is 2.18. The first kappa shape index (κ1) is 22.7. The minimum Gasteiger partial charge on any atom is -0.350 e. The van der Waals surface area contributed by atoms with E-state index >= 15 is 0 Å². The van der Waals surface area contributed by atoms with Gasteiger partial charge in [0.2, 0.25) is 10.9 Å². The molecule has 12 heteroatoms. The Morgan fingerprint density at radius 3 is 2.84 bits per heavy atom. The van der Waals surface area contributed by atoms with Gasteiger partial charge in [0, 0.05) is 37.1 Å². The topological polar surface area (TPSA) is 136 Å². The maximum Gasteiger partial charge on any atom is 0.286 e. The first-order valence-corrected chi connectivity index (χ1v) is 12.4. The summed E-state index contributed by atoms with van der Waals surface area (Å²) < 4.78 is 3.28. The molecule has 2 amide bonds. The summed E-state index contributed by atoms with van der Waals surface area (Å²) in [6, 6.07) is 10.6. The van der Waals surface area contributed by atoms with Gasteiger partial charge in [-0.2, -0.15) is 0 Å². The third kappa shape index (κ3) is 4.38. The lowest BCUT2D eigenvalue weighted by Gasteiger charge is -2.15. The fourth-order valence-corrected chi connectivity index (χ4v) is 5.09. The highest BCUT2D eigenvalue weighted by molar-refractivity contribution is 7.16. The second kappa shape index (κ2) is 9.39. The largest absolute Gasteiger partial charge is 0.350 e. The van der Waals surface area contributed by atoms with Crippen LogP contribution in [0.2, 0.25) is 0 Å². The fourth-order valence-electron chi connectivity index (χ4n) is 4.35. The van der Waals surface area contributed by atoms with E-state index in [0.717, 1.165) is 28.0 Å². The van der Waals surface area contributed by atoms with Crippen LogP contribution < -0.4 is 16.2 Å². The maximum atomic E-state index is 13.2. The molecule has 0 aliphatic carbocycles. The van der Waals surface area contributed by atoms with Gasteiger partial charge in [0.1, 0.15) is 22.6 Å². The monoisotopic (exact) mass is 512 g/mol. The highest BCUT2D eigenvalue weighted by atomic mass is 32.1. The van der Waals surface area contributed by atoms with Gasteiger partial charge in [-0.05, 0) is 18.1 Å². The number of aromatic nitrogens is 6. The van der Waals surface area contributed by atoms with Gasteiger partial charge in [0.15, 0.2) is 0 Å². The molecule has 5 aromatic rings. The first-order chi connectivity index (χ1) is 18.1. The van der Waals surface area contributed by atoms with E-state index in [1.807, 2.05) is 53.2 Å². The second-order valence-electron chi connectivity index (χ2n) is 8.52. The average molecular weight is 513 g/mol. The van der Waals surface area contributed by atoms with E-state index in [1.54, 1.807) is 12.4 Å². The molecule has 1 aliphatic rings. The Kier molecular flexibility index (Phi) is 5.77. The fraction of sp³-hybridized carbons (Fsp3) is 0.160. The number of amides is 2. The standard InChI is InChI=1S/C25H20N8O3S/c34-21(28-11-15-10-17-12-26-8-9-32(17)14-15)19-6-7-20-27-13-18(25(36)33(19)20)29-22(35)24-31-30-23(37-24)16-4-2-1-3-5-16/h1-5,8-10,12-14,19H,6-7,11H2,(H,28,34)(H,29,35)/t19-/m0/s1. The van der Waals surface area contributed by atoms with Crippen LogP contribution in [0.4, 0.5) is 5.69 Å². The molecule has 6 rings (SSSR count). The molecule has 0 spiro atoms. The van der Waals surface area contributed by atoms with Gasteiger partial charge in [-0.3, -0.25) is 23.9 Å². The third-order valence-electron chi connectivity index (χ3n) is 6.14. The number of nitrogens with one attached hydrogen (secondary N) is 2. The molecule has 0 radical (unpaired) electrons. The van der Waals surface area contributed by atoms with Crippen molar-refractivity contribution in [1.29, 1.82) is 0 Å². The predicted molar refractivity (Wildman–Crippen MR) is 136 cm³/mol. The van der Waals surface area contributed by atoms with Crippen LogP contribution in [-0.4, -0.2) is 40.9 Å². The van der Waals surface area contributed by atoms with Gasteiger partial charge in [-0.25, -0.2) is 4.98 Å². The smallest absolute Gasteiger partial charge is 0.286 e. The van der Waals surface area contributed by atoms with Crippen LogP contribution in [-0.2, 0) is 17.8 Å². The summed E-state index contributed by atoms with van der Waals surface area (Å²) in [4.78, 5) is 47.5. The molecule has 0 saturated heterocycles. The average Bonchev–Trinajstić information content (AvgIpc) is 3.67. The zero-order chi connectivity index (χ0) is 25.4. The molecule has 0 fully saturated rings. The third-order valence-corrected chi connectivity index (χ3v) is 7.11. The van der Waals surface area contributed by atoms with E-state index < -0.39 is 17.5 Å². The van der Waals surface area contributed by atoms with Gasteiger partial charge in [-0.15, -0.1) is 10.2 Å². The van der Waals surface area contributed by atoms with Gasteiger partial charge in [0.25, 0.3) is 11.5 Å². The van der Waals surface area contributed by atoms with E-state index in [-0.39, 0.29) is 16.6 Å². The van der Waals surface area contributed by atoms with Crippen LogP contribution in [0.3, 0.4) is 0 Å². The molecule has 1 atom stereocenters. The van der Waals surface area contributed by atoms with Crippen molar-refractivity contribution in [1.82, 2.24) is 34.4 Å². The lowest BCUT2D eigenvalue weighted by atomic mass is 10.2. The number of hydrogen-bond donors (Lipinski definition) is 2. The zero-order valence-electron chi connectivity index (χ0n) is 19.4. The van der Waals surface area contributed by atoms with E-state index in [1.165, 1.54) is 10.8 Å². The van der Waals surface area contributed by atoms with Crippen LogP contribution in [0.15, 0.2) is 72.2 Å². The van der Waals surface area contributed by atoms with Crippen molar-refractivity contribution in [3.8, 4) is 10.6 Å². The Morgan fingerprint density at radius 2 is 2.00 bits per heavy atom. The molecular weight excluding hydrogens is 492 g/mol. The number of benzene rings is 1. The molecule has 0 saturated carbocycles. The minimum absolute atomic E-state index is 0.0175. The predicted octanol–water partition coefficient (Wildman–Crippen LogP) is 2.47. The van der Waals surface area contributed by atoms with E-state index in [9.17, 15) is 14.4 Å². The van der Waals surface area contributed by atoms with Crippen LogP contribution >= 0.6 is 11.3 Å². The summed E-state index contributed by atoms with van der Waals surface area (Å²) in [6.07, 6.45) is 9.44. The normalized spacial score (nSPS) is 14.4. The molecule has 0 bridgehead atoms. The molecular formula is C25H20N8O3S. The maximum absolute atomic E-state index is 13.2. The number of anilines is 1. The number of carbonyl (C=O) groups is 2. The van der Waals surface area contributed by atoms with Crippen molar-refractivity contribution in [2.24, 2.45) is 0 Å². The van der Waals surface area contributed by atoms with Crippen LogP contribution in [0, 0.1) is 0 Å². The van der Waals surface area contributed by atoms with Crippen molar-refractivity contribution < 1.29 is 9.59 Å². The first-order valence-electron chi connectivity index (χ1n) is 11.6. The Hall–Kier alpha value is -4.71. The Balaban J connectivity index is 1.17. The number of rotatable bonds is 6. The van der Waals surface area contributed by atoms with Crippen molar-refractivity contribution in [2.45, 2.75) is 25.4 Å². The van der Waals surface area contributed by atoms with Gasteiger partial charge >= 0.3 is 0 Å². The minimum atomic E-state index is -0.711. The highest BCUT2D eigenvalue weighted by Gasteiger charge is 2.31. The molecule has 37 heavy (non-hydrogen) atoms. The van der Waals surface area contributed by atoms with Gasteiger partial charge in [-0.1, -0.05) is 41.7 Å². The number of fused-ring (bicyclic) bond motifs is 2. The number of nitrogens with zero attached hydrogens (tertiary/aromatic N) is 6. The lowest BCUT2D eigenvalue weighted by molar-refractivity contribution is -0.124. The van der Waals surface area contributed by atoms with Gasteiger partial charge in [0.05, 0.1) is 17.9 Å². The zero-order valence-corrected chi connectivity index (χ0v) is 20.2. The Bertz CT molecular complexity index is 1660. The Labute approximate surface area is 213 Å². The molecule has 11 nitrogen and oxygen atoms in total. The second-order valence-corrected chi connectivity index (χ2v) is 9.50. The summed E-state index contributed by atoms with van der Waals surface area (Å²) in [5, 5.41) is 14.2. The van der Waals surface area contributed by atoms with Crippen molar-refractivity contribution in [3.05, 3.63) is 94.1 Å². The van der Waals surface area contributed by atoms with Crippen molar-refractivity contribution in [3.63, 3.8) is 0 Å². The summed E-state index contributed by atoms with van der Waals surface area (Å²) in [7, 11) is 0.